The van der Waals surface area contributed by atoms with Gasteiger partial charge in [-0.2, -0.15) is 0 Å². The van der Waals surface area contributed by atoms with Crippen LogP contribution in [0.3, 0.4) is 0 Å². The number of nitrogens with zero attached hydrogens (tertiary/aromatic N) is 1. The molecule has 0 aromatic heterocycles. The molecule has 0 bridgehead atoms. The van der Waals surface area contributed by atoms with E-state index in [0.29, 0.717) is 17.9 Å². The number of ether oxygens (including phenoxy) is 1. The number of aryl methyl sites for hydroxylation is 2. The van der Waals surface area contributed by atoms with E-state index in [1.807, 2.05) is 39.0 Å². The molecule has 0 aliphatic carbocycles. The van der Waals surface area contributed by atoms with Gasteiger partial charge in [-0.25, -0.2) is 8.42 Å². The van der Waals surface area contributed by atoms with Crippen molar-refractivity contribution in [2.75, 3.05) is 22.9 Å². The summed E-state index contributed by atoms with van der Waals surface area (Å²) in [6.07, 6.45) is 0.993. The first kappa shape index (κ1) is 20.8. The topological polar surface area (TPSA) is 75.7 Å². The largest absolute Gasteiger partial charge is 0.481 e. The molecule has 0 heterocycles. The summed E-state index contributed by atoms with van der Waals surface area (Å²) in [4.78, 5) is 12.6. The Labute approximate surface area is 161 Å². The van der Waals surface area contributed by atoms with Gasteiger partial charge >= 0.3 is 0 Å². The number of carbonyl (C=O) groups is 1. The molecule has 1 unspecified atom stereocenters. The van der Waals surface area contributed by atoms with Crippen LogP contribution in [0.4, 0.5) is 11.4 Å². The van der Waals surface area contributed by atoms with Crippen LogP contribution in [0, 0.1) is 13.8 Å². The second-order valence-electron chi connectivity index (χ2n) is 6.55. The Bertz CT molecular complexity index is 908. The molecule has 0 aliphatic rings. The summed E-state index contributed by atoms with van der Waals surface area (Å²) >= 11 is 0. The maximum atomic E-state index is 12.6. The third kappa shape index (κ3) is 5.47. The summed E-state index contributed by atoms with van der Waals surface area (Å²) in [5.41, 5.74) is 3.34. The van der Waals surface area contributed by atoms with Crippen molar-refractivity contribution < 1.29 is 17.9 Å². The number of anilines is 2. The molecule has 0 aliphatic heterocycles. The van der Waals surface area contributed by atoms with E-state index in [9.17, 15) is 13.2 Å². The number of nitrogens with one attached hydrogen (secondary N) is 1. The summed E-state index contributed by atoms with van der Waals surface area (Å²) in [5.74, 6) is 0.284. The van der Waals surface area contributed by atoms with Crippen molar-refractivity contribution >= 4 is 27.3 Å². The molecule has 146 valence electrons. The highest BCUT2D eigenvalue weighted by molar-refractivity contribution is 7.92. The molecule has 0 spiro atoms. The first-order valence-electron chi connectivity index (χ1n) is 8.70. The zero-order valence-corrected chi connectivity index (χ0v) is 17.1. The number of carbonyl (C=O) groups excluding carboxylic acids is 1. The molecular formula is C20H26N2O4S. The first-order chi connectivity index (χ1) is 12.6. The lowest BCUT2D eigenvalue weighted by atomic mass is 10.1. The van der Waals surface area contributed by atoms with Gasteiger partial charge in [0, 0.05) is 12.7 Å². The van der Waals surface area contributed by atoms with Crippen molar-refractivity contribution in [3.05, 3.63) is 53.6 Å². The Morgan fingerprint density at radius 1 is 1.15 bits per heavy atom. The predicted octanol–water partition coefficient (Wildman–Crippen LogP) is 3.50. The number of hydrogen-bond donors (Lipinski definition) is 1. The average Bonchev–Trinajstić information content (AvgIpc) is 2.61. The van der Waals surface area contributed by atoms with E-state index < -0.39 is 16.1 Å². The fraction of sp³-hybridized carbons (Fsp3) is 0.350. The molecule has 2 rings (SSSR count). The summed E-state index contributed by atoms with van der Waals surface area (Å²) in [5, 5.41) is 2.92. The van der Waals surface area contributed by atoms with Crippen LogP contribution in [-0.4, -0.2) is 33.7 Å². The van der Waals surface area contributed by atoms with Gasteiger partial charge in [0.05, 0.1) is 11.9 Å². The van der Waals surface area contributed by atoms with Crippen LogP contribution < -0.4 is 14.4 Å². The van der Waals surface area contributed by atoms with Crippen molar-refractivity contribution in [3.63, 3.8) is 0 Å². The summed E-state index contributed by atoms with van der Waals surface area (Å²) in [7, 11) is -1.84. The lowest BCUT2D eigenvalue weighted by molar-refractivity contribution is -0.122. The Kier molecular flexibility index (Phi) is 6.49. The highest BCUT2D eigenvalue weighted by atomic mass is 32.2. The summed E-state index contributed by atoms with van der Waals surface area (Å²) < 4.78 is 30.2. The van der Waals surface area contributed by atoms with Gasteiger partial charge in [-0.05, 0) is 61.7 Å². The average molecular weight is 391 g/mol. The number of rotatable bonds is 7. The lowest BCUT2D eigenvalue weighted by Crippen LogP contribution is -2.32. The standard InChI is InChI=1S/C20H26N2O4S/c1-6-19(20(23)21-18-13-14(2)7-8-15(18)3)26-17-11-9-16(10-12-17)22(4)27(5,24)25/h7-13,19H,6H2,1-5H3,(H,21,23). The SMILES string of the molecule is CCC(Oc1ccc(N(C)S(C)(=O)=O)cc1)C(=O)Nc1cc(C)ccc1C. The maximum Gasteiger partial charge on any atom is 0.265 e. The van der Waals surface area contributed by atoms with Crippen molar-refractivity contribution in [2.24, 2.45) is 0 Å². The first-order valence-corrected chi connectivity index (χ1v) is 10.6. The zero-order chi connectivity index (χ0) is 20.2. The molecule has 6 nitrogen and oxygen atoms in total. The molecule has 2 aromatic carbocycles. The Morgan fingerprint density at radius 2 is 1.78 bits per heavy atom. The van der Waals surface area contributed by atoms with Crippen LogP contribution in [0.5, 0.6) is 5.75 Å². The van der Waals surface area contributed by atoms with Gasteiger partial charge in [0.25, 0.3) is 5.91 Å². The van der Waals surface area contributed by atoms with Gasteiger partial charge in [0.1, 0.15) is 5.75 Å². The number of hydrogen-bond acceptors (Lipinski definition) is 4. The van der Waals surface area contributed by atoms with Crippen LogP contribution in [0.2, 0.25) is 0 Å². The lowest BCUT2D eigenvalue weighted by Gasteiger charge is -2.20. The number of sulfonamides is 1. The van der Waals surface area contributed by atoms with Gasteiger partial charge in [0.15, 0.2) is 6.10 Å². The number of amides is 1. The van der Waals surface area contributed by atoms with E-state index >= 15 is 0 Å². The van der Waals surface area contributed by atoms with Crippen LogP contribution in [0.1, 0.15) is 24.5 Å². The van der Waals surface area contributed by atoms with Crippen LogP contribution in [0.15, 0.2) is 42.5 Å². The molecule has 0 saturated carbocycles. The van der Waals surface area contributed by atoms with Gasteiger partial charge < -0.3 is 10.1 Å². The second kappa shape index (κ2) is 8.43. The molecule has 1 atom stereocenters. The van der Waals surface area contributed by atoms with Crippen LogP contribution >= 0.6 is 0 Å². The van der Waals surface area contributed by atoms with E-state index in [2.05, 4.69) is 5.32 Å². The molecule has 2 aromatic rings. The predicted molar refractivity (Wildman–Crippen MR) is 109 cm³/mol. The third-order valence-corrected chi connectivity index (χ3v) is 5.50. The zero-order valence-electron chi connectivity index (χ0n) is 16.3. The minimum Gasteiger partial charge on any atom is -0.481 e. The molecule has 7 heteroatoms. The smallest absolute Gasteiger partial charge is 0.265 e. The van der Waals surface area contributed by atoms with Crippen molar-refractivity contribution in [2.45, 2.75) is 33.3 Å². The van der Waals surface area contributed by atoms with Crippen molar-refractivity contribution in [1.82, 2.24) is 0 Å². The van der Waals surface area contributed by atoms with E-state index in [4.69, 9.17) is 4.74 Å². The normalized spacial score (nSPS) is 12.3. The van der Waals surface area contributed by atoms with Crippen molar-refractivity contribution in [1.29, 1.82) is 0 Å². The summed E-state index contributed by atoms with van der Waals surface area (Å²) in [6.45, 7) is 5.78. The van der Waals surface area contributed by atoms with Crippen LogP contribution in [0.25, 0.3) is 0 Å². The van der Waals surface area contributed by atoms with E-state index in [1.54, 1.807) is 24.3 Å². The third-order valence-electron chi connectivity index (χ3n) is 4.29. The van der Waals surface area contributed by atoms with E-state index in [1.165, 1.54) is 11.4 Å². The Hall–Kier alpha value is -2.54. The van der Waals surface area contributed by atoms with Gasteiger partial charge in [-0.15, -0.1) is 0 Å². The minimum atomic E-state index is -3.32. The molecule has 1 amide bonds. The van der Waals surface area contributed by atoms with Crippen molar-refractivity contribution in [3.8, 4) is 5.75 Å². The quantitative estimate of drug-likeness (QED) is 0.785. The molecule has 0 fully saturated rings. The summed E-state index contributed by atoms with van der Waals surface area (Å²) in [6, 6.07) is 12.5. The minimum absolute atomic E-state index is 0.219. The maximum absolute atomic E-state index is 12.6. The van der Waals surface area contributed by atoms with E-state index in [-0.39, 0.29) is 5.91 Å². The van der Waals surface area contributed by atoms with Crippen LogP contribution in [-0.2, 0) is 14.8 Å². The fourth-order valence-electron chi connectivity index (χ4n) is 2.50. The highest BCUT2D eigenvalue weighted by Crippen LogP contribution is 2.22. The van der Waals surface area contributed by atoms with E-state index in [0.717, 1.165) is 23.1 Å². The molecule has 27 heavy (non-hydrogen) atoms. The monoisotopic (exact) mass is 390 g/mol. The van der Waals surface area contributed by atoms with Gasteiger partial charge in [-0.1, -0.05) is 19.1 Å². The number of benzene rings is 2. The van der Waals surface area contributed by atoms with Gasteiger partial charge in [0.2, 0.25) is 10.0 Å². The second-order valence-corrected chi connectivity index (χ2v) is 8.56. The van der Waals surface area contributed by atoms with Gasteiger partial charge in [-0.3, -0.25) is 9.10 Å². The highest BCUT2D eigenvalue weighted by Gasteiger charge is 2.20. The molecule has 1 N–H and O–H groups in total. The Morgan fingerprint density at radius 3 is 2.33 bits per heavy atom. The Balaban J connectivity index is 2.10. The molecule has 0 radical (unpaired) electrons. The molecular weight excluding hydrogens is 364 g/mol. The fourth-order valence-corrected chi connectivity index (χ4v) is 3.00. The molecule has 0 saturated heterocycles.